The van der Waals surface area contributed by atoms with Crippen molar-refractivity contribution in [2.24, 2.45) is 0 Å². The van der Waals surface area contributed by atoms with Gasteiger partial charge in [-0.15, -0.1) is 12.1 Å². The Morgan fingerprint density at radius 3 is 2.41 bits per heavy atom. The number of benzene rings is 1. The average molecular weight is 375 g/mol. The third kappa shape index (κ3) is 6.77. The fraction of sp³-hybridized carbons (Fsp3) is 0.353. The Morgan fingerprint density at radius 1 is 1.23 bits per heavy atom. The van der Waals surface area contributed by atoms with Gasteiger partial charge in [0.15, 0.2) is 0 Å². The Balaban J connectivity index is 0.00000441. The number of carbonyl (C=O) groups is 1. The summed E-state index contributed by atoms with van der Waals surface area (Å²) in [6.45, 7) is 6.06. The number of aromatic carboxylic acids is 1. The summed E-state index contributed by atoms with van der Waals surface area (Å²) in [5.74, 6) is -1.83. The molecule has 0 saturated carbocycles. The van der Waals surface area contributed by atoms with E-state index >= 15 is 0 Å². The van der Waals surface area contributed by atoms with Crippen molar-refractivity contribution in [1.82, 2.24) is 0 Å². The van der Waals surface area contributed by atoms with Gasteiger partial charge in [-0.2, -0.15) is 0 Å². The summed E-state index contributed by atoms with van der Waals surface area (Å²) >= 11 is 0. The van der Waals surface area contributed by atoms with Crippen LogP contribution in [-0.2, 0) is 6.42 Å². The predicted molar refractivity (Wildman–Crippen MR) is 81.7 cm³/mol. The zero-order valence-corrected chi connectivity index (χ0v) is 18.5. The van der Waals surface area contributed by atoms with Crippen LogP contribution in [0.2, 0.25) is 0 Å². The number of aromatic hydroxyl groups is 2. The molecule has 1 aromatic rings. The topological polar surface area (TPSA) is 77.8 Å². The molecule has 1 rings (SSSR count). The molecule has 4 nitrogen and oxygen atoms in total. The minimum Gasteiger partial charge on any atom is -0.551 e. The maximum atomic E-state index is 10.9. The monoisotopic (exact) mass is 374 g/mol. The minimum absolute atomic E-state index is 0. The van der Waals surface area contributed by atoms with Crippen LogP contribution in [0.15, 0.2) is 29.4 Å². The Morgan fingerprint density at radius 2 is 1.86 bits per heavy atom. The van der Waals surface area contributed by atoms with Gasteiger partial charge in [-0.25, -0.2) is 0 Å². The van der Waals surface area contributed by atoms with Crippen LogP contribution in [-0.4, -0.2) is 21.3 Å². The first-order valence-corrected chi connectivity index (χ1v) is 6.80. The van der Waals surface area contributed by atoms with E-state index in [1.807, 2.05) is 26.8 Å². The molecule has 0 bridgehead atoms. The van der Waals surface area contributed by atoms with E-state index in [9.17, 15) is 15.0 Å². The Labute approximate surface area is 180 Å². The van der Waals surface area contributed by atoms with Crippen LogP contribution in [0.4, 0.5) is 0 Å². The van der Waals surface area contributed by atoms with Crippen molar-refractivity contribution in [3.63, 3.8) is 0 Å². The molecule has 3 N–H and O–H groups in total. The molecule has 1 aromatic carbocycles. The maximum Gasteiger partial charge on any atom is 1.00 e. The second-order valence-corrected chi connectivity index (χ2v) is 5.26. The van der Waals surface area contributed by atoms with Crippen LogP contribution < -0.4 is 58.2 Å². The largest absolute Gasteiger partial charge is 1.00 e. The van der Waals surface area contributed by atoms with E-state index in [2.05, 4.69) is 12.1 Å². The number of carboxylic acids is 1. The fourth-order valence-corrected chi connectivity index (χ4v) is 1.90. The van der Waals surface area contributed by atoms with Crippen LogP contribution in [0.5, 0.6) is 11.5 Å². The van der Waals surface area contributed by atoms with Gasteiger partial charge in [0.2, 0.25) is 0 Å². The standard InChI is InChI=1S/C17H21O4.Rb/c1-11(2)5-4-6-12(3)7-8-13-15(18)10-9-14(16(13)19)17(20)21;/h5,7,10,18-19H,4,6,8H2,1-3H3,(H,20,21);/q-1;+1/b12-7+;. The van der Waals surface area contributed by atoms with Crippen LogP contribution in [0.3, 0.4) is 0 Å². The number of phenolic OH excluding ortho intramolecular Hbond substituents is 1. The van der Waals surface area contributed by atoms with Gasteiger partial charge in [-0.05, 0) is 51.2 Å². The van der Waals surface area contributed by atoms with Gasteiger partial charge in [0.25, 0.3) is 5.97 Å². The molecular formula is C17H21O4Rb. The van der Waals surface area contributed by atoms with Crippen LogP contribution >= 0.6 is 0 Å². The van der Waals surface area contributed by atoms with E-state index in [1.165, 1.54) is 11.6 Å². The van der Waals surface area contributed by atoms with Crippen molar-refractivity contribution in [3.05, 3.63) is 46.6 Å². The maximum absolute atomic E-state index is 10.9. The number of hydrogen-bond acceptors (Lipinski definition) is 3. The van der Waals surface area contributed by atoms with Crippen LogP contribution in [0.1, 0.15) is 49.5 Å². The van der Waals surface area contributed by atoms with Gasteiger partial charge >= 0.3 is 58.2 Å². The first kappa shape index (κ1) is 21.6. The summed E-state index contributed by atoms with van der Waals surface area (Å²) in [4.78, 5) is 10.9. The SMILES string of the molecule is CC(C)=CCC/C(C)=C/Cc1c(O)c[c-]c(C(=O)O)c1O.[Rb+]. The fourth-order valence-electron chi connectivity index (χ4n) is 1.90. The van der Waals surface area contributed by atoms with E-state index in [0.717, 1.165) is 18.4 Å². The number of rotatable bonds is 6. The van der Waals surface area contributed by atoms with E-state index in [1.54, 1.807) is 0 Å². The second-order valence-electron chi connectivity index (χ2n) is 5.26. The van der Waals surface area contributed by atoms with E-state index < -0.39 is 11.7 Å². The molecule has 0 aliphatic carbocycles. The molecule has 0 heterocycles. The van der Waals surface area contributed by atoms with Crippen molar-refractivity contribution in [2.45, 2.75) is 40.0 Å². The summed E-state index contributed by atoms with van der Waals surface area (Å²) in [5.41, 5.74) is 2.28. The summed E-state index contributed by atoms with van der Waals surface area (Å²) in [6, 6.07) is 3.52. The number of hydrogen-bond donors (Lipinski definition) is 3. The van der Waals surface area contributed by atoms with Gasteiger partial charge < -0.3 is 20.1 Å². The van der Waals surface area contributed by atoms with E-state index in [-0.39, 0.29) is 81.5 Å². The van der Waals surface area contributed by atoms with Gasteiger partial charge in [-0.3, -0.25) is 0 Å². The molecular weight excluding hydrogens is 354 g/mol. The number of phenols is 2. The summed E-state index contributed by atoms with van der Waals surface area (Å²) in [6.07, 6.45) is 6.14. The van der Waals surface area contributed by atoms with Crippen molar-refractivity contribution >= 4 is 5.97 Å². The first-order chi connectivity index (χ1) is 9.82. The van der Waals surface area contributed by atoms with Crippen molar-refractivity contribution in [1.29, 1.82) is 0 Å². The normalized spacial score (nSPS) is 10.8. The van der Waals surface area contributed by atoms with Gasteiger partial charge in [0.05, 0.1) is 0 Å². The summed E-state index contributed by atoms with van der Waals surface area (Å²) in [7, 11) is 0. The van der Waals surface area contributed by atoms with Crippen LogP contribution in [0, 0.1) is 6.07 Å². The zero-order chi connectivity index (χ0) is 16.0. The number of carboxylic acid groups (broad SMARTS) is 1. The van der Waals surface area contributed by atoms with Gasteiger partial charge in [0, 0.05) is 11.5 Å². The molecule has 0 fully saturated rings. The molecule has 114 valence electrons. The molecule has 0 saturated heterocycles. The summed E-state index contributed by atoms with van der Waals surface area (Å²) in [5, 5.41) is 28.6. The average Bonchev–Trinajstić information content (AvgIpc) is 2.37. The predicted octanol–water partition coefficient (Wildman–Crippen LogP) is 0.835. The molecule has 0 amide bonds. The molecule has 0 aromatic heterocycles. The second kappa shape index (κ2) is 10.4. The minimum atomic E-state index is -1.27. The smallest absolute Gasteiger partial charge is 0.551 e. The van der Waals surface area contributed by atoms with Crippen LogP contribution in [0.25, 0.3) is 0 Å². The molecule has 0 radical (unpaired) electrons. The quantitative estimate of drug-likeness (QED) is 0.509. The van der Waals surface area contributed by atoms with Crippen molar-refractivity contribution in [3.8, 4) is 11.5 Å². The molecule has 0 aliphatic heterocycles. The first-order valence-electron chi connectivity index (χ1n) is 6.80. The van der Waals surface area contributed by atoms with Crippen molar-refractivity contribution in [2.75, 3.05) is 0 Å². The molecule has 0 atom stereocenters. The number of allylic oxidation sites excluding steroid dienone is 4. The van der Waals surface area contributed by atoms with E-state index in [0.29, 0.717) is 0 Å². The van der Waals surface area contributed by atoms with E-state index in [4.69, 9.17) is 5.11 Å². The Bertz CT molecular complexity index is 585. The molecule has 0 spiro atoms. The molecule has 0 unspecified atom stereocenters. The van der Waals surface area contributed by atoms with Gasteiger partial charge in [0.1, 0.15) is 0 Å². The molecule has 0 aliphatic rings. The molecule has 5 heteroatoms. The molecule has 22 heavy (non-hydrogen) atoms. The van der Waals surface area contributed by atoms with Gasteiger partial charge in [-0.1, -0.05) is 23.3 Å². The Hall–Kier alpha value is -0.425. The zero-order valence-electron chi connectivity index (χ0n) is 13.6. The Kier molecular flexibility index (Phi) is 10.2. The third-order valence-electron chi connectivity index (χ3n) is 3.14. The summed E-state index contributed by atoms with van der Waals surface area (Å²) < 4.78 is 0. The van der Waals surface area contributed by atoms with Crippen molar-refractivity contribution < 1.29 is 78.3 Å². The third-order valence-corrected chi connectivity index (χ3v) is 3.14.